The van der Waals surface area contributed by atoms with E-state index in [1.807, 2.05) is 0 Å². The highest BCUT2D eigenvalue weighted by atomic mass is 19.1. The van der Waals surface area contributed by atoms with E-state index in [1.165, 1.54) is 16.7 Å². The van der Waals surface area contributed by atoms with Gasteiger partial charge in [-0.1, -0.05) is 0 Å². The number of carbonyl (C=O) groups is 1. The van der Waals surface area contributed by atoms with Crippen molar-refractivity contribution in [2.45, 2.75) is 32.0 Å². The van der Waals surface area contributed by atoms with Crippen molar-refractivity contribution in [2.24, 2.45) is 13.0 Å². The number of nitrogens with two attached hydrogens (primary N) is 1. The van der Waals surface area contributed by atoms with Crippen LogP contribution in [0.5, 0.6) is 0 Å². The molecule has 1 aliphatic heterocycles. The first-order valence-corrected chi connectivity index (χ1v) is 9.57. The van der Waals surface area contributed by atoms with Crippen LogP contribution in [-0.4, -0.2) is 56.6 Å². The van der Waals surface area contributed by atoms with Crippen LogP contribution in [0.1, 0.15) is 30.6 Å². The lowest BCUT2D eigenvalue weighted by Crippen LogP contribution is -2.43. The maximum Gasteiger partial charge on any atom is 0.252 e. The number of rotatable bonds is 6. The Morgan fingerprint density at radius 3 is 2.62 bits per heavy atom. The molecule has 5 N–H and O–H groups in total. The normalized spacial score (nSPS) is 17.2. The predicted molar refractivity (Wildman–Crippen MR) is 105 cm³/mol. The van der Waals surface area contributed by atoms with E-state index >= 15 is 0 Å². The molecule has 0 saturated carbocycles. The van der Waals surface area contributed by atoms with Crippen molar-refractivity contribution in [3.05, 3.63) is 35.7 Å². The highest BCUT2D eigenvalue weighted by Crippen LogP contribution is 2.28. The number of benzene rings is 1. The number of anilines is 2. The Balaban J connectivity index is 1.48. The van der Waals surface area contributed by atoms with Crippen LogP contribution >= 0.6 is 0 Å². The number of carbonyl (C=O) groups excluding carboxylic acids is 1. The lowest BCUT2D eigenvalue weighted by Gasteiger charge is -2.34. The molecule has 1 aromatic heterocycles. The summed E-state index contributed by atoms with van der Waals surface area (Å²) < 4.78 is 14.7. The Bertz CT molecular complexity index is 866. The molecule has 3 rings (SSSR count). The summed E-state index contributed by atoms with van der Waals surface area (Å²) in [5.41, 5.74) is 7.13. The molecule has 2 atom stereocenters. The van der Waals surface area contributed by atoms with Gasteiger partial charge >= 0.3 is 0 Å². The Kier molecular flexibility index (Phi) is 6.33. The lowest BCUT2D eigenvalue weighted by molar-refractivity contribution is -0.136. The fourth-order valence-corrected chi connectivity index (χ4v) is 3.51. The SMILES string of the molecule is Cc1nnc([C@H](O)[C@@H](O)C(=O)NCC2CCN(c3ccc(F)cc3N)CC2)n1C. The second kappa shape index (κ2) is 8.75. The van der Waals surface area contributed by atoms with Crippen LogP contribution in [0.15, 0.2) is 18.2 Å². The summed E-state index contributed by atoms with van der Waals surface area (Å²) in [6.07, 6.45) is -1.45. The smallest absolute Gasteiger partial charge is 0.252 e. The summed E-state index contributed by atoms with van der Waals surface area (Å²) in [5, 5.41) is 30.7. The van der Waals surface area contributed by atoms with Gasteiger partial charge in [0.1, 0.15) is 17.7 Å². The van der Waals surface area contributed by atoms with Crippen molar-refractivity contribution in [1.82, 2.24) is 20.1 Å². The third-order valence-electron chi connectivity index (χ3n) is 5.47. The molecule has 2 aromatic rings. The van der Waals surface area contributed by atoms with Crippen molar-refractivity contribution in [1.29, 1.82) is 0 Å². The maximum absolute atomic E-state index is 13.2. The molecule has 0 radical (unpaired) electrons. The average molecular weight is 406 g/mol. The van der Waals surface area contributed by atoms with Gasteiger partial charge < -0.3 is 30.7 Å². The van der Waals surface area contributed by atoms with Gasteiger partial charge in [-0.3, -0.25) is 4.79 Å². The van der Waals surface area contributed by atoms with Gasteiger partial charge in [0.25, 0.3) is 5.91 Å². The van der Waals surface area contributed by atoms with Crippen LogP contribution in [0.3, 0.4) is 0 Å². The fraction of sp³-hybridized carbons (Fsp3) is 0.526. The minimum absolute atomic E-state index is 0.135. The number of aromatic nitrogens is 3. The zero-order valence-corrected chi connectivity index (χ0v) is 16.5. The van der Waals surface area contributed by atoms with Crippen LogP contribution < -0.4 is 16.0 Å². The number of amides is 1. The van der Waals surface area contributed by atoms with Gasteiger partial charge in [-0.15, -0.1) is 10.2 Å². The first kappa shape index (κ1) is 21.0. The average Bonchev–Trinajstić information content (AvgIpc) is 3.04. The number of piperidine rings is 1. The zero-order chi connectivity index (χ0) is 21.1. The zero-order valence-electron chi connectivity index (χ0n) is 16.5. The van der Waals surface area contributed by atoms with E-state index in [2.05, 4.69) is 20.4 Å². The maximum atomic E-state index is 13.2. The van der Waals surface area contributed by atoms with Crippen molar-refractivity contribution in [3.63, 3.8) is 0 Å². The number of aliphatic hydroxyl groups is 2. The third-order valence-corrected chi connectivity index (χ3v) is 5.47. The van der Waals surface area contributed by atoms with Crippen LogP contribution in [0.25, 0.3) is 0 Å². The third kappa shape index (κ3) is 4.65. The van der Waals surface area contributed by atoms with E-state index in [0.717, 1.165) is 31.6 Å². The number of halogens is 1. The van der Waals surface area contributed by atoms with E-state index in [1.54, 1.807) is 20.0 Å². The Morgan fingerprint density at radius 1 is 1.34 bits per heavy atom. The molecule has 1 fully saturated rings. The Labute approximate surface area is 168 Å². The van der Waals surface area contributed by atoms with E-state index in [0.29, 0.717) is 18.1 Å². The minimum Gasteiger partial charge on any atom is -0.397 e. The molecule has 9 nitrogen and oxygen atoms in total. The molecule has 0 aliphatic carbocycles. The summed E-state index contributed by atoms with van der Waals surface area (Å²) >= 11 is 0. The molecule has 1 aliphatic rings. The Hall–Kier alpha value is -2.72. The van der Waals surface area contributed by atoms with Gasteiger partial charge in [0.15, 0.2) is 11.9 Å². The van der Waals surface area contributed by atoms with E-state index in [9.17, 15) is 19.4 Å². The molecular weight excluding hydrogens is 379 g/mol. The number of hydrogen-bond donors (Lipinski definition) is 4. The van der Waals surface area contributed by atoms with Crippen molar-refractivity contribution >= 4 is 17.3 Å². The van der Waals surface area contributed by atoms with Gasteiger partial charge in [-0.2, -0.15) is 0 Å². The van der Waals surface area contributed by atoms with Crippen molar-refractivity contribution < 1.29 is 19.4 Å². The van der Waals surface area contributed by atoms with E-state index in [4.69, 9.17) is 5.73 Å². The quantitative estimate of drug-likeness (QED) is 0.507. The van der Waals surface area contributed by atoms with Gasteiger partial charge in [-0.05, 0) is 43.9 Å². The molecule has 10 heteroatoms. The van der Waals surface area contributed by atoms with Crippen molar-refractivity contribution in [3.8, 4) is 0 Å². The summed E-state index contributed by atoms with van der Waals surface area (Å²) in [6, 6.07) is 4.38. The number of nitrogen functional groups attached to an aromatic ring is 1. The first-order valence-electron chi connectivity index (χ1n) is 9.57. The van der Waals surface area contributed by atoms with Gasteiger partial charge in [0, 0.05) is 26.7 Å². The summed E-state index contributed by atoms with van der Waals surface area (Å²) in [7, 11) is 1.65. The molecule has 1 amide bonds. The topological polar surface area (TPSA) is 130 Å². The molecule has 1 aromatic carbocycles. The molecule has 0 spiro atoms. The standard InChI is InChI=1S/C19H27FN6O3/c1-11-23-24-18(25(11)2)16(27)17(28)19(29)22-10-12-5-7-26(8-6-12)15-4-3-13(20)9-14(15)21/h3-4,9,12,16-17,27-28H,5-8,10,21H2,1-2H3,(H,22,29)/t16-,17-/m1/s1. The van der Waals surface area contributed by atoms with Gasteiger partial charge in [-0.25, -0.2) is 4.39 Å². The second-order valence-electron chi connectivity index (χ2n) is 7.43. The summed E-state index contributed by atoms with van der Waals surface area (Å²) in [6.45, 7) is 3.58. The fourth-order valence-electron chi connectivity index (χ4n) is 3.51. The largest absolute Gasteiger partial charge is 0.397 e. The predicted octanol–water partition coefficient (Wildman–Crippen LogP) is 0.272. The van der Waals surface area contributed by atoms with E-state index < -0.39 is 18.1 Å². The van der Waals surface area contributed by atoms with Crippen LogP contribution in [0.4, 0.5) is 15.8 Å². The van der Waals surface area contributed by atoms with Crippen LogP contribution in [0.2, 0.25) is 0 Å². The van der Waals surface area contributed by atoms with E-state index in [-0.39, 0.29) is 17.6 Å². The number of nitrogens with one attached hydrogen (secondary N) is 1. The number of nitrogens with zero attached hydrogens (tertiary/aromatic N) is 4. The molecular formula is C19H27FN6O3. The molecule has 2 heterocycles. The molecule has 1 saturated heterocycles. The molecule has 158 valence electrons. The van der Waals surface area contributed by atoms with Crippen LogP contribution in [-0.2, 0) is 11.8 Å². The molecule has 0 bridgehead atoms. The van der Waals surface area contributed by atoms with Crippen LogP contribution in [0, 0.1) is 18.7 Å². The van der Waals surface area contributed by atoms with Gasteiger partial charge in [0.05, 0.1) is 11.4 Å². The first-order chi connectivity index (χ1) is 13.8. The number of aryl methyl sites for hydroxylation is 1. The summed E-state index contributed by atoms with van der Waals surface area (Å²) in [5.74, 6) is -0.0710. The number of hydrogen-bond acceptors (Lipinski definition) is 7. The lowest BCUT2D eigenvalue weighted by atomic mass is 9.96. The monoisotopic (exact) mass is 406 g/mol. The van der Waals surface area contributed by atoms with Crippen molar-refractivity contribution in [2.75, 3.05) is 30.3 Å². The summed E-state index contributed by atoms with van der Waals surface area (Å²) in [4.78, 5) is 14.3. The Morgan fingerprint density at radius 2 is 2.03 bits per heavy atom. The highest BCUT2D eigenvalue weighted by molar-refractivity contribution is 5.81. The second-order valence-corrected chi connectivity index (χ2v) is 7.43. The molecule has 29 heavy (non-hydrogen) atoms. The van der Waals surface area contributed by atoms with Gasteiger partial charge in [0.2, 0.25) is 0 Å². The highest BCUT2D eigenvalue weighted by Gasteiger charge is 2.30. The number of aliphatic hydroxyl groups excluding tert-OH is 2. The molecule has 0 unspecified atom stereocenters. The minimum atomic E-state index is -1.63.